The van der Waals surface area contributed by atoms with Crippen molar-refractivity contribution in [2.24, 2.45) is 0 Å². The molecule has 0 atom stereocenters. The van der Waals surface area contributed by atoms with Gasteiger partial charge in [0.2, 0.25) is 10.0 Å². The van der Waals surface area contributed by atoms with Crippen LogP contribution in [0.5, 0.6) is 5.75 Å². The van der Waals surface area contributed by atoms with Gasteiger partial charge in [-0.25, -0.2) is 8.42 Å². The highest BCUT2D eigenvalue weighted by atomic mass is 35.5. The molecule has 0 spiro atoms. The number of nitrogens with one attached hydrogen (secondary N) is 1. The molecular weight excluding hydrogens is 468 g/mol. The maximum absolute atomic E-state index is 12.8. The number of halogens is 3. The molecule has 0 aromatic heterocycles. The minimum Gasteiger partial charge on any atom is -0.434 e. The number of rotatable bonds is 6. The predicted octanol–water partition coefficient (Wildman–Crippen LogP) is 2.91. The van der Waals surface area contributed by atoms with Crippen LogP contribution in [0.2, 0.25) is 5.02 Å². The van der Waals surface area contributed by atoms with Gasteiger partial charge in [-0.15, -0.1) is 0 Å². The lowest BCUT2D eigenvalue weighted by Crippen LogP contribution is -2.50. The van der Waals surface area contributed by atoms with Crippen LogP contribution in [-0.4, -0.2) is 69.1 Å². The number of alkyl halides is 2. The second kappa shape index (κ2) is 9.70. The monoisotopic (exact) mass is 487 g/mol. The van der Waals surface area contributed by atoms with Crippen molar-refractivity contribution in [3.05, 3.63) is 58.6 Å². The Balaban J connectivity index is 1.68. The Hall–Kier alpha value is -2.92. The van der Waals surface area contributed by atoms with Crippen LogP contribution >= 0.6 is 11.6 Å². The fraction of sp³-hybridized carbons (Fsp3) is 0.300. The second-order valence-electron chi connectivity index (χ2n) is 7.03. The van der Waals surface area contributed by atoms with Crippen LogP contribution in [0.15, 0.2) is 42.5 Å². The third-order valence-corrected chi connectivity index (χ3v) is 5.62. The zero-order chi connectivity index (χ0) is 23.5. The van der Waals surface area contributed by atoms with Gasteiger partial charge in [-0.2, -0.15) is 8.78 Å². The molecule has 1 saturated heterocycles. The SMILES string of the molecule is CS(=O)(=O)Nc1cc(C(=O)N2CCN(C(=O)c3ccccc3OC(F)F)CC2)ccc1Cl. The van der Waals surface area contributed by atoms with Crippen molar-refractivity contribution in [2.75, 3.05) is 37.2 Å². The van der Waals surface area contributed by atoms with Crippen LogP contribution in [0.25, 0.3) is 0 Å². The molecule has 1 aliphatic heterocycles. The number of carbonyl (C=O) groups excluding carboxylic acids is 2. The first kappa shape index (κ1) is 23.7. The van der Waals surface area contributed by atoms with Gasteiger partial charge in [0.15, 0.2) is 0 Å². The highest BCUT2D eigenvalue weighted by Crippen LogP contribution is 2.26. The topological polar surface area (TPSA) is 96.0 Å². The molecule has 0 radical (unpaired) electrons. The van der Waals surface area contributed by atoms with Crippen LogP contribution in [0, 0.1) is 0 Å². The normalized spacial score (nSPS) is 14.4. The Morgan fingerprint density at radius 1 is 1.03 bits per heavy atom. The van der Waals surface area contributed by atoms with E-state index in [1.54, 1.807) is 6.07 Å². The molecule has 2 aromatic rings. The summed E-state index contributed by atoms with van der Waals surface area (Å²) in [4.78, 5) is 28.6. The summed E-state index contributed by atoms with van der Waals surface area (Å²) in [7, 11) is -3.58. The maximum Gasteiger partial charge on any atom is 0.387 e. The molecule has 0 aliphatic carbocycles. The van der Waals surface area contributed by atoms with Crippen LogP contribution in [0.4, 0.5) is 14.5 Å². The summed E-state index contributed by atoms with van der Waals surface area (Å²) < 4.78 is 54.9. The predicted molar refractivity (Wildman–Crippen MR) is 115 cm³/mol. The van der Waals surface area contributed by atoms with Gasteiger partial charge in [-0.1, -0.05) is 23.7 Å². The minimum absolute atomic E-state index is 0.0155. The molecular formula is C20H20ClF2N3O5S. The van der Waals surface area contributed by atoms with Crippen LogP contribution in [0.1, 0.15) is 20.7 Å². The molecule has 0 unspecified atom stereocenters. The van der Waals surface area contributed by atoms with E-state index in [1.165, 1.54) is 46.2 Å². The Labute approximate surface area is 188 Å². The van der Waals surface area contributed by atoms with Gasteiger partial charge in [0.1, 0.15) is 5.75 Å². The van der Waals surface area contributed by atoms with E-state index in [0.717, 1.165) is 6.26 Å². The molecule has 1 N–H and O–H groups in total. The van der Waals surface area contributed by atoms with E-state index in [9.17, 15) is 26.8 Å². The number of nitrogens with zero attached hydrogens (tertiary/aromatic N) is 2. The lowest BCUT2D eigenvalue weighted by atomic mass is 10.1. The number of hydrogen-bond acceptors (Lipinski definition) is 5. The van der Waals surface area contributed by atoms with Crippen molar-refractivity contribution in [1.29, 1.82) is 0 Å². The van der Waals surface area contributed by atoms with Crippen molar-refractivity contribution < 1.29 is 31.5 Å². The van der Waals surface area contributed by atoms with Gasteiger partial charge in [-0.05, 0) is 30.3 Å². The summed E-state index contributed by atoms with van der Waals surface area (Å²) in [5, 5.41) is 0.145. The number of sulfonamides is 1. The molecule has 0 bridgehead atoms. The van der Waals surface area contributed by atoms with Gasteiger partial charge in [0.05, 0.1) is 22.5 Å². The van der Waals surface area contributed by atoms with E-state index >= 15 is 0 Å². The smallest absolute Gasteiger partial charge is 0.387 e. The van der Waals surface area contributed by atoms with Gasteiger partial charge >= 0.3 is 6.61 Å². The van der Waals surface area contributed by atoms with Crippen molar-refractivity contribution >= 4 is 39.1 Å². The fourth-order valence-electron chi connectivity index (χ4n) is 3.24. The van der Waals surface area contributed by atoms with Crippen molar-refractivity contribution in [1.82, 2.24) is 9.80 Å². The summed E-state index contributed by atoms with van der Waals surface area (Å²) in [6, 6.07) is 9.98. The van der Waals surface area contributed by atoms with E-state index in [4.69, 9.17) is 11.6 Å². The largest absolute Gasteiger partial charge is 0.434 e. The molecule has 0 saturated carbocycles. The third-order valence-electron chi connectivity index (χ3n) is 4.70. The molecule has 12 heteroatoms. The zero-order valence-corrected chi connectivity index (χ0v) is 18.5. The standard InChI is InChI=1S/C20H20ClF2N3O5S/c1-32(29,30)24-16-12-13(6-7-15(16)21)18(27)25-8-10-26(11-9-25)19(28)14-4-2-3-5-17(14)31-20(22)23/h2-7,12,20,24H,8-11H2,1H3. The Morgan fingerprint density at radius 2 is 1.62 bits per heavy atom. The number of hydrogen-bond donors (Lipinski definition) is 1. The summed E-state index contributed by atoms with van der Waals surface area (Å²) in [5.74, 6) is -1.04. The summed E-state index contributed by atoms with van der Waals surface area (Å²) in [6.07, 6.45) is 0.971. The molecule has 1 aliphatic rings. The Morgan fingerprint density at radius 3 is 2.22 bits per heavy atom. The van der Waals surface area contributed by atoms with Crippen LogP contribution in [0.3, 0.4) is 0 Å². The van der Waals surface area contributed by atoms with E-state index < -0.39 is 22.5 Å². The zero-order valence-electron chi connectivity index (χ0n) is 16.9. The fourth-order valence-corrected chi connectivity index (χ4v) is 4.03. The quantitative estimate of drug-likeness (QED) is 0.676. The number of piperazine rings is 1. The van der Waals surface area contributed by atoms with E-state index in [0.29, 0.717) is 0 Å². The molecule has 2 aromatic carbocycles. The Bertz CT molecular complexity index is 1120. The number of benzene rings is 2. The van der Waals surface area contributed by atoms with Crippen molar-refractivity contribution in [3.63, 3.8) is 0 Å². The summed E-state index contributed by atoms with van der Waals surface area (Å²) in [5.41, 5.74) is 0.335. The van der Waals surface area contributed by atoms with Gasteiger partial charge in [0.25, 0.3) is 11.8 Å². The molecule has 2 amide bonds. The first-order valence-corrected chi connectivity index (χ1v) is 11.7. The first-order chi connectivity index (χ1) is 15.0. The Kier molecular flexibility index (Phi) is 7.19. The number of amides is 2. The average molecular weight is 488 g/mol. The summed E-state index contributed by atoms with van der Waals surface area (Å²) in [6.45, 7) is -2.26. The van der Waals surface area contributed by atoms with Gasteiger partial charge in [-0.3, -0.25) is 14.3 Å². The number of ether oxygens (including phenoxy) is 1. The van der Waals surface area contributed by atoms with Crippen LogP contribution < -0.4 is 9.46 Å². The van der Waals surface area contributed by atoms with Crippen molar-refractivity contribution in [3.8, 4) is 5.75 Å². The molecule has 172 valence electrons. The number of carbonyl (C=O) groups is 2. The highest BCUT2D eigenvalue weighted by Gasteiger charge is 2.27. The second-order valence-corrected chi connectivity index (χ2v) is 9.18. The number of anilines is 1. The number of para-hydroxylation sites is 1. The maximum atomic E-state index is 12.8. The molecule has 32 heavy (non-hydrogen) atoms. The molecule has 1 fully saturated rings. The minimum atomic E-state index is -3.58. The summed E-state index contributed by atoms with van der Waals surface area (Å²) >= 11 is 6.00. The first-order valence-electron chi connectivity index (χ1n) is 9.45. The third kappa shape index (κ3) is 5.86. The highest BCUT2D eigenvalue weighted by molar-refractivity contribution is 7.92. The van der Waals surface area contributed by atoms with Gasteiger partial charge in [0, 0.05) is 31.7 Å². The van der Waals surface area contributed by atoms with Gasteiger partial charge < -0.3 is 14.5 Å². The molecule has 3 rings (SSSR count). The molecule has 1 heterocycles. The van der Waals surface area contributed by atoms with E-state index in [2.05, 4.69) is 9.46 Å². The van der Waals surface area contributed by atoms with Crippen LogP contribution in [-0.2, 0) is 10.0 Å². The molecule has 8 nitrogen and oxygen atoms in total. The average Bonchev–Trinajstić information content (AvgIpc) is 2.73. The van der Waals surface area contributed by atoms with E-state index in [-0.39, 0.29) is 59.7 Å². The van der Waals surface area contributed by atoms with E-state index in [1.807, 2.05) is 0 Å². The lowest BCUT2D eigenvalue weighted by molar-refractivity contribution is -0.0503. The lowest BCUT2D eigenvalue weighted by Gasteiger charge is -2.35. The van der Waals surface area contributed by atoms with Crippen molar-refractivity contribution in [2.45, 2.75) is 6.61 Å².